The van der Waals surface area contributed by atoms with Crippen LogP contribution >= 0.6 is 0 Å². The van der Waals surface area contributed by atoms with Crippen molar-refractivity contribution in [1.29, 1.82) is 0 Å². The number of carbonyl (C=O) groups is 1. The topological polar surface area (TPSA) is 98.7 Å². The number of fused-ring (bicyclic) bond motifs is 1. The summed E-state index contributed by atoms with van der Waals surface area (Å²) in [6.07, 6.45) is -3.18. The molecule has 0 saturated carbocycles. The van der Waals surface area contributed by atoms with Crippen molar-refractivity contribution in [2.24, 2.45) is 5.73 Å². The fourth-order valence-electron chi connectivity index (χ4n) is 3.86. The van der Waals surface area contributed by atoms with Gasteiger partial charge in [0.15, 0.2) is 18.1 Å². The zero-order valence-corrected chi connectivity index (χ0v) is 19.5. The zero-order chi connectivity index (χ0) is 25.4. The highest BCUT2D eigenvalue weighted by molar-refractivity contribution is 5.98. The fraction of sp³-hybridized carbons (Fsp3) is 0.400. The lowest BCUT2D eigenvalue weighted by Crippen LogP contribution is -2.31. The molecule has 7 nitrogen and oxygen atoms in total. The summed E-state index contributed by atoms with van der Waals surface area (Å²) in [5, 5.41) is 13.4. The smallest absolute Gasteiger partial charge is 0.422 e. The quantitative estimate of drug-likeness (QED) is 0.316. The number of ether oxygens (including phenoxy) is 2. The van der Waals surface area contributed by atoms with Crippen LogP contribution in [0.1, 0.15) is 29.4 Å². The molecule has 10 heteroatoms. The number of hydrogen-bond acceptors (Lipinski definition) is 5. The Morgan fingerprint density at radius 2 is 1.86 bits per heavy atom. The Morgan fingerprint density at radius 3 is 2.51 bits per heavy atom. The number of aliphatic hydroxyl groups is 1. The number of para-hydroxylation sites is 2. The molecule has 0 aliphatic carbocycles. The number of aliphatic hydroxyl groups excluding tert-OH is 1. The normalized spacial score (nSPS) is 12.6. The maximum Gasteiger partial charge on any atom is 0.422 e. The van der Waals surface area contributed by atoms with Crippen LogP contribution < -0.4 is 20.5 Å². The van der Waals surface area contributed by atoms with Crippen LogP contribution in [0.15, 0.2) is 48.5 Å². The van der Waals surface area contributed by atoms with Gasteiger partial charge in [0.25, 0.3) is 5.91 Å². The van der Waals surface area contributed by atoms with Gasteiger partial charge in [-0.25, -0.2) is 0 Å². The minimum Gasteiger partial charge on any atom is -0.488 e. The van der Waals surface area contributed by atoms with Crippen molar-refractivity contribution in [2.75, 3.05) is 26.4 Å². The molecule has 2 aromatic carbocycles. The fourth-order valence-corrected chi connectivity index (χ4v) is 3.86. The minimum absolute atomic E-state index is 0.0228. The van der Waals surface area contributed by atoms with Gasteiger partial charge < -0.3 is 30.2 Å². The van der Waals surface area contributed by atoms with Gasteiger partial charge in [0.1, 0.15) is 12.3 Å². The third kappa shape index (κ3) is 7.63. The number of rotatable bonds is 13. The van der Waals surface area contributed by atoms with Crippen molar-refractivity contribution in [3.63, 3.8) is 0 Å². The van der Waals surface area contributed by atoms with Crippen molar-refractivity contribution >= 4 is 16.8 Å². The van der Waals surface area contributed by atoms with Crippen LogP contribution in [0.4, 0.5) is 13.2 Å². The minimum atomic E-state index is -4.42. The molecule has 1 atom stereocenters. The maximum atomic E-state index is 12.4. The molecule has 0 saturated heterocycles. The molecule has 0 aliphatic rings. The van der Waals surface area contributed by atoms with Crippen LogP contribution in [0, 0.1) is 0 Å². The van der Waals surface area contributed by atoms with Crippen LogP contribution in [-0.4, -0.2) is 54.2 Å². The van der Waals surface area contributed by atoms with Crippen molar-refractivity contribution < 1.29 is 32.5 Å². The number of amides is 1. The van der Waals surface area contributed by atoms with Crippen molar-refractivity contribution in [3.05, 3.63) is 59.8 Å². The highest BCUT2D eigenvalue weighted by Crippen LogP contribution is 2.28. The second kappa shape index (κ2) is 11.9. The van der Waals surface area contributed by atoms with E-state index in [-0.39, 0.29) is 30.8 Å². The van der Waals surface area contributed by atoms with E-state index < -0.39 is 18.7 Å². The number of aryl methyl sites for hydroxylation is 1. The third-order valence-electron chi connectivity index (χ3n) is 5.39. The molecule has 1 aromatic heterocycles. The lowest BCUT2D eigenvalue weighted by Gasteiger charge is -2.16. The average molecular weight is 494 g/mol. The molecule has 3 rings (SSSR count). The molecular formula is C25H30F3N3O4. The van der Waals surface area contributed by atoms with Gasteiger partial charge in [-0.2, -0.15) is 13.2 Å². The van der Waals surface area contributed by atoms with Gasteiger partial charge in [-0.1, -0.05) is 18.2 Å². The van der Waals surface area contributed by atoms with E-state index in [1.54, 1.807) is 24.3 Å². The number of primary amides is 1. The number of nitrogens with one attached hydrogen (secondary N) is 1. The van der Waals surface area contributed by atoms with E-state index in [2.05, 4.69) is 5.32 Å². The SMILES string of the molecule is C[C@H](Cc1ccc2c(c1)cc(C(N)=O)n2CCCO)NCCOc1ccccc1OCC(F)(F)F. The number of halogens is 3. The van der Waals surface area contributed by atoms with Crippen LogP contribution in [0.25, 0.3) is 10.9 Å². The zero-order valence-electron chi connectivity index (χ0n) is 19.5. The van der Waals surface area contributed by atoms with E-state index in [0.29, 0.717) is 25.2 Å². The Kier molecular flexibility index (Phi) is 9.00. The molecule has 3 aromatic rings. The molecular weight excluding hydrogens is 463 g/mol. The van der Waals surface area contributed by atoms with Gasteiger partial charge in [-0.15, -0.1) is 0 Å². The van der Waals surface area contributed by atoms with Gasteiger partial charge in [0, 0.05) is 36.6 Å². The summed E-state index contributed by atoms with van der Waals surface area (Å²) < 4.78 is 49.6. The summed E-state index contributed by atoms with van der Waals surface area (Å²) in [4.78, 5) is 11.8. The maximum absolute atomic E-state index is 12.4. The Balaban J connectivity index is 1.53. The Labute approximate surface area is 201 Å². The van der Waals surface area contributed by atoms with Crippen LogP contribution in [0.3, 0.4) is 0 Å². The summed E-state index contributed by atoms with van der Waals surface area (Å²) in [5.41, 5.74) is 7.89. The van der Waals surface area contributed by atoms with Crippen molar-refractivity contribution in [2.45, 2.75) is 38.5 Å². The third-order valence-corrected chi connectivity index (χ3v) is 5.39. The molecule has 0 spiro atoms. The number of alkyl halides is 3. The molecule has 0 aliphatic heterocycles. The molecule has 4 N–H and O–H groups in total. The summed E-state index contributed by atoms with van der Waals surface area (Å²) in [6.45, 7) is 1.91. The largest absolute Gasteiger partial charge is 0.488 e. The van der Waals surface area contributed by atoms with Crippen LogP contribution in [0.5, 0.6) is 11.5 Å². The molecule has 1 heterocycles. The molecule has 0 radical (unpaired) electrons. The first-order chi connectivity index (χ1) is 16.7. The summed E-state index contributed by atoms with van der Waals surface area (Å²) in [5.74, 6) is -0.207. The molecule has 0 unspecified atom stereocenters. The number of nitrogens with zero attached hydrogens (tertiary/aromatic N) is 1. The average Bonchev–Trinajstić information content (AvgIpc) is 3.17. The van der Waals surface area contributed by atoms with E-state index in [1.165, 1.54) is 6.07 Å². The number of aromatic nitrogens is 1. The summed E-state index contributed by atoms with van der Waals surface area (Å²) in [7, 11) is 0. The number of benzene rings is 2. The van der Waals surface area contributed by atoms with Gasteiger partial charge in [0.05, 0.1) is 0 Å². The molecule has 0 fully saturated rings. The van der Waals surface area contributed by atoms with Crippen LogP contribution in [-0.2, 0) is 13.0 Å². The number of carbonyl (C=O) groups excluding carboxylic acids is 1. The standard InChI is InChI=1S/C25H30F3N3O4/c1-17(30-9-12-34-22-5-2-3-6-23(22)35-16-25(26,27)28)13-18-7-8-20-19(14-18)15-21(24(29)33)31(20)10-4-11-32/h2-3,5-8,14-15,17,30,32H,4,9-13,16H2,1H3,(H2,29,33)/t17-/m1/s1. The van der Waals surface area contributed by atoms with Crippen molar-refractivity contribution in [1.82, 2.24) is 9.88 Å². The molecule has 35 heavy (non-hydrogen) atoms. The first-order valence-electron chi connectivity index (χ1n) is 11.4. The van der Waals surface area contributed by atoms with Gasteiger partial charge in [-0.05, 0) is 55.7 Å². The second-order valence-electron chi connectivity index (χ2n) is 8.27. The predicted molar refractivity (Wildman–Crippen MR) is 127 cm³/mol. The molecule has 0 bridgehead atoms. The van der Waals surface area contributed by atoms with E-state index in [1.807, 2.05) is 29.7 Å². The first kappa shape index (κ1) is 26.4. The molecule has 1 amide bonds. The van der Waals surface area contributed by atoms with Gasteiger partial charge >= 0.3 is 6.18 Å². The Hall–Kier alpha value is -3.24. The van der Waals surface area contributed by atoms with Crippen LogP contribution in [0.2, 0.25) is 0 Å². The van der Waals surface area contributed by atoms with Gasteiger partial charge in [-0.3, -0.25) is 4.79 Å². The van der Waals surface area contributed by atoms with E-state index in [9.17, 15) is 18.0 Å². The summed E-state index contributed by atoms with van der Waals surface area (Å²) in [6, 6.07) is 14.1. The van der Waals surface area contributed by atoms with E-state index in [0.717, 1.165) is 22.9 Å². The molecule has 190 valence electrons. The van der Waals surface area contributed by atoms with E-state index in [4.69, 9.17) is 20.3 Å². The highest BCUT2D eigenvalue weighted by Gasteiger charge is 2.29. The first-order valence-corrected chi connectivity index (χ1v) is 11.4. The number of nitrogens with two attached hydrogens (primary N) is 1. The van der Waals surface area contributed by atoms with Crippen molar-refractivity contribution in [3.8, 4) is 11.5 Å². The Morgan fingerprint density at radius 1 is 1.14 bits per heavy atom. The highest BCUT2D eigenvalue weighted by atomic mass is 19.4. The predicted octanol–water partition coefficient (Wildman–Crippen LogP) is 3.66. The van der Waals surface area contributed by atoms with Gasteiger partial charge in [0.2, 0.25) is 0 Å². The number of hydrogen-bond donors (Lipinski definition) is 3. The Bertz CT molecular complexity index is 1130. The second-order valence-corrected chi connectivity index (χ2v) is 8.27. The monoisotopic (exact) mass is 493 g/mol. The summed E-state index contributed by atoms with van der Waals surface area (Å²) >= 11 is 0. The lowest BCUT2D eigenvalue weighted by atomic mass is 10.1. The van der Waals surface area contributed by atoms with E-state index >= 15 is 0 Å². The lowest BCUT2D eigenvalue weighted by molar-refractivity contribution is -0.153.